The summed E-state index contributed by atoms with van der Waals surface area (Å²) in [4.78, 5) is 21.8. The fourth-order valence-electron chi connectivity index (χ4n) is 3.51. The van der Waals surface area contributed by atoms with Gasteiger partial charge in [-0.3, -0.25) is 4.79 Å². The van der Waals surface area contributed by atoms with Gasteiger partial charge in [-0.15, -0.1) is 5.10 Å². The molecule has 1 heterocycles. The van der Waals surface area contributed by atoms with Gasteiger partial charge in [0, 0.05) is 19.4 Å². The largest absolute Gasteiger partial charge is 0.377 e. The molecule has 32 heavy (non-hydrogen) atoms. The van der Waals surface area contributed by atoms with Crippen LogP contribution in [-0.4, -0.2) is 65.8 Å². The molecule has 0 spiro atoms. The smallest absolute Gasteiger partial charge is 0.220 e. The lowest BCUT2D eigenvalue weighted by atomic mass is 10.0. The van der Waals surface area contributed by atoms with Crippen LogP contribution in [0.5, 0.6) is 0 Å². The number of carbonyl (C=O) groups is 2. The SMILES string of the molecule is O=CCOCCOCCNC(=O)CCCCCCCCCCCCCCCc1nnn[nH]1. The summed E-state index contributed by atoms with van der Waals surface area (Å²) in [6, 6.07) is 0. The Morgan fingerprint density at radius 3 is 2.00 bits per heavy atom. The van der Waals surface area contributed by atoms with Crippen LogP contribution >= 0.6 is 0 Å². The Kier molecular flexibility index (Phi) is 19.7. The summed E-state index contributed by atoms with van der Waals surface area (Å²) in [5, 5.41) is 16.7. The van der Waals surface area contributed by atoms with Gasteiger partial charge < -0.3 is 19.6 Å². The van der Waals surface area contributed by atoms with E-state index in [1.165, 1.54) is 64.2 Å². The van der Waals surface area contributed by atoms with E-state index in [4.69, 9.17) is 9.47 Å². The van der Waals surface area contributed by atoms with E-state index in [0.29, 0.717) is 39.1 Å². The molecule has 0 aliphatic carbocycles. The molecule has 2 N–H and O–H groups in total. The first kappa shape index (κ1) is 28.2. The van der Waals surface area contributed by atoms with Gasteiger partial charge in [-0.2, -0.15) is 0 Å². The molecular formula is C23H43N5O4. The molecule has 0 aliphatic heterocycles. The third kappa shape index (κ3) is 18.9. The molecule has 9 nitrogen and oxygen atoms in total. The van der Waals surface area contributed by atoms with E-state index < -0.39 is 0 Å². The molecule has 0 unspecified atom stereocenters. The number of unbranched alkanes of at least 4 members (excludes halogenated alkanes) is 12. The highest BCUT2D eigenvalue weighted by Gasteiger charge is 2.01. The quantitative estimate of drug-likeness (QED) is 0.181. The van der Waals surface area contributed by atoms with Gasteiger partial charge in [0.2, 0.25) is 5.91 Å². The van der Waals surface area contributed by atoms with Gasteiger partial charge in [0.25, 0.3) is 0 Å². The van der Waals surface area contributed by atoms with Gasteiger partial charge in [0.1, 0.15) is 18.7 Å². The van der Waals surface area contributed by atoms with Crippen molar-refractivity contribution in [3.8, 4) is 0 Å². The number of nitrogens with one attached hydrogen (secondary N) is 2. The second-order valence-corrected chi connectivity index (χ2v) is 8.15. The highest BCUT2D eigenvalue weighted by molar-refractivity contribution is 5.75. The minimum atomic E-state index is 0.0980. The van der Waals surface area contributed by atoms with E-state index >= 15 is 0 Å². The van der Waals surface area contributed by atoms with Gasteiger partial charge in [-0.1, -0.05) is 70.6 Å². The van der Waals surface area contributed by atoms with Gasteiger partial charge >= 0.3 is 0 Å². The topological polar surface area (TPSA) is 119 Å². The third-order valence-electron chi connectivity index (χ3n) is 5.33. The van der Waals surface area contributed by atoms with Crippen molar-refractivity contribution in [3.05, 3.63) is 5.82 Å². The molecular weight excluding hydrogens is 410 g/mol. The monoisotopic (exact) mass is 453 g/mol. The van der Waals surface area contributed by atoms with Crippen molar-refractivity contribution in [1.82, 2.24) is 25.9 Å². The standard InChI is InChI=1S/C23H43N5O4/c29-17-19-32-21-20-31-18-16-24-23(30)15-13-11-9-7-5-3-1-2-4-6-8-10-12-14-22-25-27-28-26-22/h17H,1-16,18-21H2,(H,24,30)(H,25,26,27,28). The molecule has 0 aromatic carbocycles. The Morgan fingerprint density at radius 1 is 0.812 bits per heavy atom. The van der Waals surface area contributed by atoms with Crippen molar-refractivity contribution >= 4 is 12.2 Å². The number of nitrogens with zero attached hydrogens (tertiary/aromatic N) is 3. The molecule has 0 saturated heterocycles. The number of rotatable bonds is 24. The normalized spacial score (nSPS) is 11.0. The maximum Gasteiger partial charge on any atom is 0.220 e. The number of aromatic nitrogens is 4. The molecule has 0 radical (unpaired) electrons. The first-order chi connectivity index (χ1) is 15.8. The minimum Gasteiger partial charge on any atom is -0.377 e. The molecule has 9 heteroatoms. The lowest BCUT2D eigenvalue weighted by molar-refractivity contribution is -0.121. The molecule has 1 amide bonds. The molecule has 0 fully saturated rings. The van der Waals surface area contributed by atoms with E-state index in [9.17, 15) is 9.59 Å². The summed E-state index contributed by atoms with van der Waals surface area (Å²) in [6.07, 6.45) is 18.6. The van der Waals surface area contributed by atoms with Crippen molar-refractivity contribution in [2.24, 2.45) is 0 Å². The third-order valence-corrected chi connectivity index (χ3v) is 5.33. The number of aryl methyl sites for hydroxylation is 1. The van der Waals surface area contributed by atoms with Crippen LogP contribution in [0.2, 0.25) is 0 Å². The molecule has 0 bridgehead atoms. The van der Waals surface area contributed by atoms with Crippen molar-refractivity contribution in [2.45, 2.75) is 96.3 Å². The fourth-order valence-corrected chi connectivity index (χ4v) is 3.51. The Balaban J connectivity index is 1.69. The zero-order valence-electron chi connectivity index (χ0n) is 19.7. The zero-order valence-corrected chi connectivity index (χ0v) is 19.7. The van der Waals surface area contributed by atoms with E-state index in [1.54, 1.807) is 0 Å². The lowest BCUT2D eigenvalue weighted by Crippen LogP contribution is -2.27. The second-order valence-electron chi connectivity index (χ2n) is 8.15. The fraction of sp³-hybridized carbons (Fsp3) is 0.870. The molecule has 184 valence electrons. The maximum absolute atomic E-state index is 11.7. The first-order valence-corrected chi connectivity index (χ1v) is 12.4. The predicted molar refractivity (Wildman–Crippen MR) is 123 cm³/mol. The number of ether oxygens (including phenoxy) is 2. The predicted octanol–water partition coefficient (Wildman–Crippen LogP) is 3.55. The number of hydrogen-bond acceptors (Lipinski definition) is 7. The Hall–Kier alpha value is -1.87. The summed E-state index contributed by atoms with van der Waals surface area (Å²) in [6.45, 7) is 1.93. The van der Waals surface area contributed by atoms with Crippen LogP contribution in [0.15, 0.2) is 0 Å². The Bertz CT molecular complexity index is 542. The van der Waals surface area contributed by atoms with Crippen molar-refractivity contribution in [1.29, 1.82) is 0 Å². The van der Waals surface area contributed by atoms with Gasteiger partial charge in [-0.05, 0) is 23.3 Å². The van der Waals surface area contributed by atoms with Crippen molar-refractivity contribution < 1.29 is 19.1 Å². The van der Waals surface area contributed by atoms with Gasteiger partial charge in [-0.25, -0.2) is 5.10 Å². The first-order valence-electron chi connectivity index (χ1n) is 12.4. The summed E-state index contributed by atoms with van der Waals surface area (Å²) in [5.41, 5.74) is 0. The highest BCUT2D eigenvalue weighted by Crippen LogP contribution is 2.13. The number of hydrogen-bond donors (Lipinski definition) is 2. The summed E-state index contributed by atoms with van der Waals surface area (Å²) in [5.74, 6) is 0.992. The van der Waals surface area contributed by atoms with Crippen LogP contribution in [0.3, 0.4) is 0 Å². The number of H-pyrrole nitrogens is 1. The van der Waals surface area contributed by atoms with E-state index in [2.05, 4.69) is 25.9 Å². The lowest BCUT2D eigenvalue weighted by Gasteiger charge is -2.06. The zero-order chi connectivity index (χ0) is 23.0. The average Bonchev–Trinajstić information content (AvgIpc) is 3.32. The van der Waals surface area contributed by atoms with Crippen molar-refractivity contribution in [2.75, 3.05) is 33.0 Å². The Labute approximate surface area is 192 Å². The highest BCUT2D eigenvalue weighted by atomic mass is 16.5. The van der Waals surface area contributed by atoms with Crippen molar-refractivity contribution in [3.63, 3.8) is 0 Å². The molecule has 1 rings (SSSR count). The molecule has 1 aromatic heterocycles. The maximum atomic E-state index is 11.7. The summed E-state index contributed by atoms with van der Waals surface area (Å²) < 4.78 is 10.3. The molecule has 0 aliphatic rings. The van der Waals surface area contributed by atoms with E-state index in [1.807, 2.05) is 0 Å². The summed E-state index contributed by atoms with van der Waals surface area (Å²) >= 11 is 0. The van der Waals surface area contributed by atoms with Crippen LogP contribution in [0, 0.1) is 0 Å². The number of aldehydes is 1. The Morgan fingerprint density at radius 2 is 1.41 bits per heavy atom. The summed E-state index contributed by atoms with van der Waals surface area (Å²) in [7, 11) is 0. The second kappa shape index (κ2) is 22.3. The van der Waals surface area contributed by atoms with Crippen LogP contribution in [-0.2, 0) is 25.5 Å². The minimum absolute atomic E-state index is 0.0980. The number of amides is 1. The number of carbonyl (C=O) groups excluding carboxylic acids is 2. The molecule has 0 atom stereocenters. The van der Waals surface area contributed by atoms with E-state index in [-0.39, 0.29) is 12.5 Å². The van der Waals surface area contributed by atoms with Crippen LogP contribution < -0.4 is 5.32 Å². The van der Waals surface area contributed by atoms with Crippen LogP contribution in [0.4, 0.5) is 0 Å². The number of tetrazole rings is 1. The van der Waals surface area contributed by atoms with Gasteiger partial charge in [0.05, 0.1) is 19.8 Å². The van der Waals surface area contributed by atoms with Crippen LogP contribution in [0.1, 0.15) is 95.7 Å². The molecule has 0 saturated carbocycles. The van der Waals surface area contributed by atoms with Crippen LogP contribution in [0.25, 0.3) is 0 Å². The molecule has 1 aromatic rings. The number of aromatic amines is 1. The average molecular weight is 454 g/mol. The van der Waals surface area contributed by atoms with Gasteiger partial charge in [0.15, 0.2) is 0 Å². The van der Waals surface area contributed by atoms with E-state index in [0.717, 1.165) is 31.5 Å².